The highest BCUT2D eigenvalue weighted by Crippen LogP contribution is 2.36. The van der Waals surface area contributed by atoms with Crippen LogP contribution in [0.1, 0.15) is 42.5 Å². The molecule has 0 bridgehead atoms. The van der Waals surface area contributed by atoms with Crippen LogP contribution in [0.4, 0.5) is 0 Å². The van der Waals surface area contributed by atoms with Gasteiger partial charge >= 0.3 is 5.97 Å². The monoisotopic (exact) mass is 421 g/mol. The lowest BCUT2D eigenvalue weighted by molar-refractivity contribution is -0.150. The Balaban J connectivity index is 2.05. The summed E-state index contributed by atoms with van der Waals surface area (Å²) in [7, 11) is 0. The highest BCUT2D eigenvalue weighted by atomic mass is 127. The Hall–Kier alpha value is -0.820. The summed E-state index contributed by atoms with van der Waals surface area (Å²) in [5.41, 5.74) is -0.363. The summed E-state index contributed by atoms with van der Waals surface area (Å²) in [5, 5.41) is 12.8. The minimum atomic E-state index is -0.819. The van der Waals surface area contributed by atoms with Crippen LogP contribution in [0.25, 0.3) is 0 Å². The summed E-state index contributed by atoms with van der Waals surface area (Å²) < 4.78 is 0.875. The van der Waals surface area contributed by atoms with Crippen LogP contribution in [0, 0.1) is 8.99 Å². The Morgan fingerprint density at radius 1 is 1.29 bits per heavy atom. The summed E-state index contributed by atoms with van der Waals surface area (Å²) in [4.78, 5) is 23.7. The normalized spacial score (nSPS) is 17.2. The average Bonchev–Trinajstić information content (AvgIpc) is 2.48. The molecule has 0 spiro atoms. The number of aliphatic carboxylic acids is 1. The van der Waals surface area contributed by atoms with E-state index in [4.69, 9.17) is 11.6 Å². The summed E-state index contributed by atoms with van der Waals surface area (Å²) in [5.74, 6) is -1.09. The quantitative estimate of drug-likeness (QED) is 0.729. The van der Waals surface area contributed by atoms with Crippen molar-refractivity contribution in [2.24, 2.45) is 5.41 Å². The van der Waals surface area contributed by atoms with Crippen LogP contribution >= 0.6 is 34.2 Å². The smallest absolute Gasteiger partial charge is 0.311 e. The van der Waals surface area contributed by atoms with Crippen molar-refractivity contribution in [2.45, 2.75) is 32.1 Å². The number of halogens is 2. The third-order valence-corrected chi connectivity index (χ3v) is 5.61. The van der Waals surface area contributed by atoms with Crippen LogP contribution in [-0.2, 0) is 4.79 Å². The molecule has 0 unspecified atom stereocenters. The van der Waals surface area contributed by atoms with E-state index in [-0.39, 0.29) is 12.5 Å². The average molecular weight is 422 g/mol. The fourth-order valence-corrected chi connectivity index (χ4v) is 3.20. The van der Waals surface area contributed by atoms with E-state index in [0.29, 0.717) is 23.4 Å². The second kappa shape index (κ2) is 6.96. The van der Waals surface area contributed by atoms with Gasteiger partial charge in [0.25, 0.3) is 5.91 Å². The van der Waals surface area contributed by atoms with E-state index >= 15 is 0 Å². The van der Waals surface area contributed by atoms with Crippen molar-refractivity contribution >= 4 is 46.1 Å². The SMILES string of the molecule is O=C(NCC1(C(=O)O)CCCCC1)c1ccc(I)c(Cl)c1. The van der Waals surface area contributed by atoms with Crippen molar-refractivity contribution in [1.29, 1.82) is 0 Å². The van der Waals surface area contributed by atoms with E-state index in [0.717, 1.165) is 22.8 Å². The summed E-state index contributed by atoms with van der Waals surface area (Å²) in [6.45, 7) is 0.171. The number of amides is 1. The van der Waals surface area contributed by atoms with E-state index in [1.165, 1.54) is 0 Å². The molecule has 1 aliphatic carbocycles. The molecule has 114 valence electrons. The van der Waals surface area contributed by atoms with Crippen LogP contribution in [0.5, 0.6) is 0 Å². The van der Waals surface area contributed by atoms with Crippen molar-refractivity contribution in [1.82, 2.24) is 5.32 Å². The van der Waals surface area contributed by atoms with Crippen LogP contribution in [-0.4, -0.2) is 23.5 Å². The van der Waals surface area contributed by atoms with Gasteiger partial charge in [-0.2, -0.15) is 0 Å². The minimum Gasteiger partial charge on any atom is -0.481 e. The van der Waals surface area contributed by atoms with Gasteiger partial charge in [0.2, 0.25) is 0 Å². The number of nitrogens with one attached hydrogen (secondary N) is 1. The third-order valence-electron chi connectivity index (χ3n) is 4.03. The molecule has 2 rings (SSSR count). The summed E-state index contributed by atoms with van der Waals surface area (Å²) in [6.07, 6.45) is 4.11. The Bertz CT molecular complexity index is 556. The van der Waals surface area contributed by atoms with Crippen molar-refractivity contribution in [3.8, 4) is 0 Å². The fraction of sp³-hybridized carbons (Fsp3) is 0.467. The zero-order chi connectivity index (χ0) is 15.5. The van der Waals surface area contributed by atoms with Gasteiger partial charge in [-0.05, 0) is 53.6 Å². The standard InChI is InChI=1S/C15H17ClINO3/c16-11-8-10(4-5-12(11)17)13(19)18-9-15(14(20)21)6-2-1-3-7-15/h4-5,8H,1-3,6-7,9H2,(H,18,19)(H,20,21). The van der Waals surface area contributed by atoms with Crippen LogP contribution in [0.15, 0.2) is 18.2 Å². The molecule has 21 heavy (non-hydrogen) atoms. The zero-order valence-corrected chi connectivity index (χ0v) is 14.4. The number of rotatable bonds is 4. The molecule has 0 radical (unpaired) electrons. The van der Waals surface area contributed by atoms with Gasteiger partial charge in [-0.25, -0.2) is 0 Å². The molecule has 0 aromatic heterocycles. The molecule has 1 aromatic rings. The number of carboxylic acid groups (broad SMARTS) is 1. The molecule has 0 atom stereocenters. The molecule has 0 aliphatic heterocycles. The molecule has 1 aromatic carbocycles. The van der Waals surface area contributed by atoms with Gasteiger partial charge in [0.15, 0.2) is 0 Å². The van der Waals surface area contributed by atoms with E-state index < -0.39 is 11.4 Å². The second-order valence-electron chi connectivity index (χ2n) is 5.46. The molecular formula is C15H17ClINO3. The van der Waals surface area contributed by atoms with Crippen LogP contribution in [0.3, 0.4) is 0 Å². The molecule has 4 nitrogen and oxygen atoms in total. The first-order valence-corrected chi connectivity index (χ1v) is 8.37. The predicted octanol–water partition coefficient (Wildman–Crippen LogP) is 3.71. The molecule has 2 N–H and O–H groups in total. The van der Waals surface area contributed by atoms with Gasteiger partial charge in [0, 0.05) is 15.7 Å². The van der Waals surface area contributed by atoms with Gasteiger partial charge in [0.05, 0.1) is 10.4 Å². The van der Waals surface area contributed by atoms with Gasteiger partial charge in [0.1, 0.15) is 0 Å². The molecule has 6 heteroatoms. The lowest BCUT2D eigenvalue weighted by Crippen LogP contribution is -2.44. The second-order valence-corrected chi connectivity index (χ2v) is 7.03. The third kappa shape index (κ3) is 3.88. The molecule has 0 heterocycles. The first-order chi connectivity index (χ1) is 9.94. The van der Waals surface area contributed by atoms with E-state index in [9.17, 15) is 14.7 Å². The van der Waals surface area contributed by atoms with Gasteiger partial charge in [-0.15, -0.1) is 0 Å². The number of hydrogen-bond donors (Lipinski definition) is 2. The van der Waals surface area contributed by atoms with Crippen molar-refractivity contribution in [3.63, 3.8) is 0 Å². The molecule has 1 saturated carbocycles. The molecular weight excluding hydrogens is 405 g/mol. The first-order valence-electron chi connectivity index (χ1n) is 6.91. The number of carboxylic acids is 1. The van der Waals surface area contributed by atoms with Crippen LogP contribution < -0.4 is 5.32 Å². The van der Waals surface area contributed by atoms with E-state index in [2.05, 4.69) is 27.9 Å². The summed E-state index contributed by atoms with van der Waals surface area (Å²) >= 11 is 8.09. The molecule has 0 saturated heterocycles. The van der Waals surface area contributed by atoms with Crippen molar-refractivity contribution in [2.75, 3.05) is 6.54 Å². The fourth-order valence-electron chi connectivity index (χ4n) is 2.68. The molecule has 1 aliphatic rings. The Morgan fingerprint density at radius 2 is 1.95 bits per heavy atom. The Morgan fingerprint density at radius 3 is 2.52 bits per heavy atom. The number of carbonyl (C=O) groups is 2. The maximum absolute atomic E-state index is 12.2. The maximum atomic E-state index is 12.2. The predicted molar refractivity (Wildman–Crippen MR) is 89.7 cm³/mol. The minimum absolute atomic E-state index is 0.171. The van der Waals surface area contributed by atoms with Crippen molar-refractivity contribution < 1.29 is 14.7 Å². The topological polar surface area (TPSA) is 66.4 Å². The molecule has 1 amide bonds. The van der Waals surface area contributed by atoms with Gasteiger partial charge < -0.3 is 10.4 Å². The van der Waals surface area contributed by atoms with E-state index in [1.54, 1.807) is 18.2 Å². The lowest BCUT2D eigenvalue weighted by Gasteiger charge is -2.33. The van der Waals surface area contributed by atoms with Gasteiger partial charge in [-0.1, -0.05) is 30.9 Å². The number of hydrogen-bond acceptors (Lipinski definition) is 2. The molecule has 1 fully saturated rings. The highest BCUT2D eigenvalue weighted by molar-refractivity contribution is 14.1. The van der Waals surface area contributed by atoms with E-state index in [1.807, 2.05) is 0 Å². The van der Waals surface area contributed by atoms with Crippen LogP contribution in [0.2, 0.25) is 5.02 Å². The Labute approximate surface area is 142 Å². The zero-order valence-electron chi connectivity index (χ0n) is 11.5. The van der Waals surface area contributed by atoms with Gasteiger partial charge in [-0.3, -0.25) is 9.59 Å². The summed E-state index contributed by atoms with van der Waals surface area (Å²) in [6, 6.07) is 5.07. The maximum Gasteiger partial charge on any atom is 0.311 e. The highest BCUT2D eigenvalue weighted by Gasteiger charge is 2.39. The Kier molecular flexibility index (Phi) is 5.48. The largest absolute Gasteiger partial charge is 0.481 e. The van der Waals surface area contributed by atoms with Crippen molar-refractivity contribution in [3.05, 3.63) is 32.4 Å². The first kappa shape index (κ1) is 16.5. The lowest BCUT2D eigenvalue weighted by atomic mass is 9.74. The number of carbonyl (C=O) groups excluding carboxylic acids is 1. The number of benzene rings is 1.